The van der Waals surface area contributed by atoms with E-state index in [0.717, 1.165) is 6.42 Å². The monoisotopic (exact) mass is 220 g/mol. The molecule has 4 heteroatoms. The molecule has 4 nitrogen and oxygen atoms in total. The summed E-state index contributed by atoms with van der Waals surface area (Å²) >= 11 is 0. The van der Waals surface area contributed by atoms with Crippen molar-refractivity contribution in [1.29, 1.82) is 0 Å². The molecule has 0 radical (unpaired) electrons. The van der Waals surface area contributed by atoms with Crippen LogP contribution in [0.3, 0.4) is 0 Å². The summed E-state index contributed by atoms with van der Waals surface area (Å²) in [5.41, 5.74) is 1.81. The minimum Gasteiger partial charge on any atom is -0.451 e. The van der Waals surface area contributed by atoms with Crippen LogP contribution in [-0.2, 0) is 25.5 Å². The van der Waals surface area contributed by atoms with Gasteiger partial charge in [0.2, 0.25) is 6.10 Å². The van der Waals surface area contributed by atoms with E-state index in [-0.39, 0.29) is 6.61 Å². The molecule has 0 aromatic heterocycles. The SMILES string of the molecule is CCc1ccc(C2OC(=O)COC2=O)cc1. The summed E-state index contributed by atoms with van der Waals surface area (Å²) in [4.78, 5) is 22.4. The first kappa shape index (κ1) is 10.7. The maximum absolute atomic E-state index is 11.4. The number of cyclic esters (lactones) is 2. The Morgan fingerprint density at radius 3 is 2.56 bits per heavy atom. The van der Waals surface area contributed by atoms with Gasteiger partial charge in [-0.25, -0.2) is 9.59 Å². The molecule has 0 bridgehead atoms. The lowest BCUT2D eigenvalue weighted by Crippen LogP contribution is -2.31. The first-order valence-electron chi connectivity index (χ1n) is 5.15. The fraction of sp³-hybridized carbons (Fsp3) is 0.333. The highest BCUT2D eigenvalue weighted by Gasteiger charge is 2.31. The van der Waals surface area contributed by atoms with Crippen molar-refractivity contribution in [3.8, 4) is 0 Å². The normalized spacial score (nSPS) is 20.2. The van der Waals surface area contributed by atoms with Crippen LogP contribution in [0.15, 0.2) is 24.3 Å². The molecule has 0 saturated carbocycles. The van der Waals surface area contributed by atoms with Crippen molar-refractivity contribution in [1.82, 2.24) is 0 Å². The van der Waals surface area contributed by atoms with Gasteiger partial charge in [-0.3, -0.25) is 0 Å². The van der Waals surface area contributed by atoms with Gasteiger partial charge in [0, 0.05) is 5.56 Å². The summed E-state index contributed by atoms with van der Waals surface area (Å²) in [5.74, 6) is -1.02. The van der Waals surface area contributed by atoms with Crippen LogP contribution in [0.2, 0.25) is 0 Å². The number of carbonyl (C=O) groups excluding carboxylic acids is 2. The molecule has 0 aliphatic carbocycles. The van der Waals surface area contributed by atoms with E-state index < -0.39 is 18.0 Å². The first-order chi connectivity index (χ1) is 7.70. The van der Waals surface area contributed by atoms with Crippen molar-refractivity contribution in [2.75, 3.05) is 6.61 Å². The molecule has 1 unspecified atom stereocenters. The Bertz CT molecular complexity index is 408. The van der Waals surface area contributed by atoms with Crippen LogP contribution in [0.4, 0.5) is 0 Å². The van der Waals surface area contributed by atoms with Gasteiger partial charge in [-0.1, -0.05) is 31.2 Å². The van der Waals surface area contributed by atoms with E-state index in [4.69, 9.17) is 9.47 Å². The molecule has 0 N–H and O–H groups in total. The molecule has 1 heterocycles. The van der Waals surface area contributed by atoms with Gasteiger partial charge in [0.15, 0.2) is 6.61 Å². The highest BCUT2D eigenvalue weighted by Crippen LogP contribution is 2.22. The highest BCUT2D eigenvalue weighted by atomic mass is 16.6. The van der Waals surface area contributed by atoms with Crippen LogP contribution in [0, 0.1) is 0 Å². The molecule has 0 amide bonds. The molecular formula is C12H12O4. The highest BCUT2D eigenvalue weighted by molar-refractivity contribution is 5.86. The fourth-order valence-electron chi connectivity index (χ4n) is 1.55. The third-order valence-corrected chi connectivity index (χ3v) is 2.49. The van der Waals surface area contributed by atoms with Crippen LogP contribution in [0.5, 0.6) is 0 Å². The van der Waals surface area contributed by atoms with Gasteiger partial charge in [-0.15, -0.1) is 0 Å². The molecular weight excluding hydrogens is 208 g/mol. The largest absolute Gasteiger partial charge is 0.451 e. The van der Waals surface area contributed by atoms with Crippen molar-refractivity contribution >= 4 is 11.9 Å². The predicted octanol–water partition coefficient (Wildman–Crippen LogP) is 1.39. The van der Waals surface area contributed by atoms with Crippen molar-refractivity contribution in [2.24, 2.45) is 0 Å². The van der Waals surface area contributed by atoms with E-state index in [9.17, 15) is 9.59 Å². The Morgan fingerprint density at radius 2 is 1.94 bits per heavy atom. The fourth-order valence-corrected chi connectivity index (χ4v) is 1.55. The Hall–Kier alpha value is -1.84. The van der Waals surface area contributed by atoms with Crippen LogP contribution in [-0.4, -0.2) is 18.5 Å². The average molecular weight is 220 g/mol. The van der Waals surface area contributed by atoms with Gasteiger partial charge >= 0.3 is 11.9 Å². The maximum atomic E-state index is 11.4. The van der Waals surface area contributed by atoms with Gasteiger partial charge in [-0.2, -0.15) is 0 Å². The second-order valence-corrected chi connectivity index (χ2v) is 3.57. The molecule has 1 saturated heterocycles. The number of hydrogen-bond acceptors (Lipinski definition) is 4. The zero-order valence-electron chi connectivity index (χ0n) is 8.93. The number of rotatable bonds is 2. The van der Waals surface area contributed by atoms with E-state index in [2.05, 4.69) is 0 Å². The van der Waals surface area contributed by atoms with Crippen LogP contribution in [0.1, 0.15) is 24.2 Å². The number of carbonyl (C=O) groups is 2. The summed E-state index contributed by atoms with van der Waals surface area (Å²) < 4.78 is 9.64. The molecule has 1 aliphatic rings. The second-order valence-electron chi connectivity index (χ2n) is 3.57. The Morgan fingerprint density at radius 1 is 1.25 bits per heavy atom. The summed E-state index contributed by atoms with van der Waals surface area (Å²) in [6.07, 6.45) is 0.0157. The topological polar surface area (TPSA) is 52.6 Å². The minimum atomic E-state index is -0.910. The third-order valence-electron chi connectivity index (χ3n) is 2.49. The lowest BCUT2D eigenvalue weighted by Gasteiger charge is -2.21. The zero-order chi connectivity index (χ0) is 11.5. The summed E-state index contributed by atoms with van der Waals surface area (Å²) in [5, 5.41) is 0. The Labute approximate surface area is 93.2 Å². The van der Waals surface area contributed by atoms with Crippen molar-refractivity contribution in [2.45, 2.75) is 19.4 Å². The number of hydrogen-bond donors (Lipinski definition) is 0. The van der Waals surface area contributed by atoms with E-state index in [1.165, 1.54) is 5.56 Å². The molecule has 1 aromatic carbocycles. The molecule has 84 valence electrons. The lowest BCUT2D eigenvalue weighted by atomic mass is 10.1. The summed E-state index contributed by atoms with van der Waals surface area (Å²) in [6.45, 7) is 1.76. The van der Waals surface area contributed by atoms with Crippen molar-refractivity contribution in [3.05, 3.63) is 35.4 Å². The summed E-state index contributed by atoms with van der Waals surface area (Å²) in [7, 11) is 0. The Balaban J connectivity index is 2.21. The molecule has 1 atom stereocenters. The zero-order valence-corrected chi connectivity index (χ0v) is 8.93. The van der Waals surface area contributed by atoms with Gasteiger partial charge in [-0.05, 0) is 12.0 Å². The summed E-state index contributed by atoms with van der Waals surface area (Å²) in [6, 6.07) is 7.38. The molecule has 16 heavy (non-hydrogen) atoms. The van der Waals surface area contributed by atoms with Gasteiger partial charge in [0.25, 0.3) is 0 Å². The minimum absolute atomic E-state index is 0.289. The van der Waals surface area contributed by atoms with E-state index in [0.29, 0.717) is 5.56 Å². The molecule has 1 aromatic rings. The molecule has 2 rings (SSSR count). The predicted molar refractivity (Wildman–Crippen MR) is 55.6 cm³/mol. The maximum Gasteiger partial charge on any atom is 0.352 e. The lowest BCUT2D eigenvalue weighted by molar-refractivity contribution is -0.185. The van der Waals surface area contributed by atoms with Gasteiger partial charge in [0.05, 0.1) is 0 Å². The quantitative estimate of drug-likeness (QED) is 0.707. The van der Waals surface area contributed by atoms with Crippen molar-refractivity contribution < 1.29 is 19.1 Å². The number of aryl methyl sites for hydroxylation is 1. The van der Waals surface area contributed by atoms with Crippen molar-refractivity contribution in [3.63, 3.8) is 0 Å². The Kier molecular flexibility index (Phi) is 2.90. The number of benzene rings is 1. The van der Waals surface area contributed by atoms with E-state index in [1.807, 2.05) is 19.1 Å². The molecule has 1 aliphatic heterocycles. The number of esters is 2. The smallest absolute Gasteiger partial charge is 0.352 e. The first-order valence-corrected chi connectivity index (χ1v) is 5.15. The van der Waals surface area contributed by atoms with E-state index in [1.54, 1.807) is 12.1 Å². The average Bonchev–Trinajstić information content (AvgIpc) is 2.32. The third kappa shape index (κ3) is 2.05. The van der Waals surface area contributed by atoms with Gasteiger partial charge in [0.1, 0.15) is 0 Å². The molecule has 1 fully saturated rings. The van der Waals surface area contributed by atoms with Crippen LogP contribution < -0.4 is 0 Å². The van der Waals surface area contributed by atoms with Crippen LogP contribution in [0.25, 0.3) is 0 Å². The molecule has 0 spiro atoms. The van der Waals surface area contributed by atoms with Gasteiger partial charge < -0.3 is 9.47 Å². The van der Waals surface area contributed by atoms with E-state index >= 15 is 0 Å². The van der Waals surface area contributed by atoms with Crippen LogP contribution >= 0.6 is 0 Å². The second kappa shape index (κ2) is 4.35. The standard InChI is InChI=1S/C12H12O4/c1-2-8-3-5-9(6-4-8)11-12(14)15-7-10(13)16-11/h3-6,11H,2,7H2,1H3. The number of ether oxygens (including phenoxy) is 2.